The van der Waals surface area contributed by atoms with Crippen LogP contribution in [-0.4, -0.2) is 29.5 Å². The number of imide groups is 2. The number of rotatable bonds is 3. The summed E-state index contributed by atoms with van der Waals surface area (Å²) in [5.74, 6) is -0.787. The standard InChI is InChI=1S/C20H21N3O4/c1-20(2,3)22-11-5-6-14(22)12-16-17(24)21-19(26)23(18(16)25)13-7-9-15(27-4)10-8-13/h5-12H,1-4H3,(H,21,24,26). The summed E-state index contributed by atoms with van der Waals surface area (Å²) in [4.78, 5) is 38.4. The monoisotopic (exact) mass is 367 g/mol. The first kappa shape index (κ1) is 18.4. The van der Waals surface area contributed by atoms with Crippen molar-refractivity contribution in [3.8, 4) is 5.75 Å². The Morgan fingerprint density at radius 1 is 1.04 bits per heavy atom. The number of nitrogens with one attached hydrogen (secondary N) is 1. The third-order valence-corrected chi connectivity index (χ3v) is 4.23. The van der Waals surface area contributed by atoms with Crippen molar-refractivity contribution in [1.82, 2.24) is 9.88 Å². The first-order valence-electron chi connectivity index (χ1n) is 8.46. The Hall–Kier alpha value is -3.35. The molecule has 27 heavy (non-hydrogen) atoms. The molecule has 0 atom stereocenters. The highest BCUT2D eigenvalue weighted by molar-refractivity contribution is 6.39. The minimum absolute atomic E-state index is 0.102. The molecule has 0 unspecified atom stereocenters. The summed E-state index contributed by atoms with van der Waals surface area (Å²) in [5, 5.41) is 2.23. The minimum atomic E-state index is -0.779. The summed E-state index contributed by atoms with van der Waals surface area (Å²) in [5.41, 5.74) is 0.720. The molecule has 0 saturated carbocycles. The third-order valence-electron chi connectivity index (χ3n) is 4.23. The molecule has 0 spiro atoms. The fraction of sp³-hybridized carbons (Fsp3) is 0.250. The second kappa shape index (κ2) is 6.75. The topological polar surface area (TPSA) is 80.6 Å². The number of nitrogens with zero attached hydrogens (tertiary/aromatic N) is 2. The Morgan fingerprint density at radius 2 is 1.70 bits per heavy atom. The molecular weight excluding hydrogens is 346 g/mol. The fourth-order valence-corrected chi connectivity index (χ4v) is 2.89. The number of ether oxygens (including phenoxy) is 1. The van der Waals surface area contributed by atoms with Crippen molar-refractivity contribution >= 4 is 29.6 Å². The Kier molecular flexibility index (Phi) is 4.61. The van der Waals surface area contributed by atoms with Crippen LogP contribution >= 0.6 is 0 Å². The van der Waals surface area contributed by atoms with Crippen LogP contribution in [0, 0.1) is 0 Å². The van der Waals surface area contributed by atoms with Crippen LogP contribution in [0.3, 0.4) is 0 Å². The molecule has 1 saturated heterocycles. The quantitative estimate of drug-likeness (QED) is 0.668. The van der Waals surface area contributed by atoms with Gasteiger partial charge in [0.15, 0.2) is 0 Å². The maximum atomic E-state index is 12.9. The number of carbonyl (C=O) groups is 3. The molecule has 2 aromatic rings. The maximum Gasteiger partial charge on any atom is 0.335 e. The number of amides is 4. The molecule has 1 aliphatic rings. The first-order chi connectivity index (χ1) is 12.7. The number of anilines is 1. The van der Waals surface area contributed by atoms with Gasteiger partial charge < -0.3 is 9.30 Å². The van der Waals surface area contributed by atoms with Gasteiger partial charge in [0.2, 0.25) is 0 Å². The molecule has 4 amide bonds. The summed E-state index contributed by atoms with van der Waals surface area (Å²) in [6.45, 7) is 6.06. The lowest BCUT2D eigenvalue weighted by molar-refractivity contribution is -0.122. The van der Waals surface area contributed by atoms with E-state index in [1.165, 1.54) is 13.2 Å². The molecule has 140 valence electrons. The predicted octanol–water partition coefficient (Wildman–Crippen LogP) is 2.92. The minimum Gasteiger partial charge on any atom is -0.497 e. The van der Waals surface area contributed by atoms with Crippen molar-refractivity contribution in [2.45, 2.75) is 26.3 Å². The van der Waals surface area contributed by atoms with E-state index in [2.05, 4.69) is 5.32 Å². The highest BCUT2D eigenvalue weighted by Crippen LogP contribution is 2.25. The molecule has 2 heterocycles. The van der Waals surface area contributed by atoms with Crippen molar-refractivity contribution in [3.63, 3.8) is 0 Å². The number of hydrogen-bond donors (Lipinski definition) is 1. The van der Waals surface area contributed by atoms with E-state index in [9.17, 15) is 14.4 Å². The lowest BCUT2D eigenvalue weighted by atomic mass is 10.1. The average molecular weight is 367 g/mol. The molecule has 0 radical (unpaired) electrons. The van der Waals surface area contributed by atoms with Crippen LogP contribution in [0.1, 0.15) is 26.5 Å². The Balaban J connectivity index is 2.01. The van der Waals surface area contributed by atoms with Crippen LogP contribution in [-0.2, 0) is 15.1 Å². The molecule has 7 nitrogen and oxygen atoms in total. The number of hydrogen-bond acceptors (Lipinski definition) is 4. The zero-order chi connectivity index (χ0) is 19.8. The lowest BCUT2D eigenvalue weighted by Gasteiger charge is -2.27. The zero-order valence-electron chi connectivity index (χ0n) is 15.6. The Bertz CT molecular complexity index is 933. The van der Waals surface area contributed by atoms with Gasteiger partial charge in [0, 0.05) is 17.4 Å². The largest absolute Gasteiger partial charge is 0.497 e. The van der Waals surface area contributed by atoms with Crippen molar-refractivity contribution in [1.29, 1.82) is 0 Å². The Morgan fingerprint density at radius 3 is 2.30 bits per heavy atom. The molecule has 1 aromatic heterocycles. The lowest BCUT2D eigenvalue weighted by Crippen LogP contribution is -2.54. The van der Waals surface area contributed by atoms with E-state index >= 15 is 0 Å². The number of benzene rings is 1. The summed E-state index contributed by atoms with van der Waals surface area (Å²) >= 11 is 0. The molecule has 0 aliphatic carbocycles. The third kappa shape index (κ3) is 3.48. The van der Waals surface area contributed by atoms with E-state index in [4.69, 9.17) is 4.74 Å². The normalized spacial score (nSPS) is 16.7. The number of barbiturate groups is 1. The van der Waals surface area contributed by atoms with Gasteiger partial charge in [0.05, 0.1) is 12.8 Å². The Labute approximate surface area is 157 Å². The van der Waals surface area contributed by atoms with E-state index in [0.717, 1.165) is 4.90 Å². The number of methoxy groups -OCH3 is 1. The van der Waals surface area contributed by atoms with Crippen LogP contribution in [0.4, 0.5) is 10.5 Å². The molecule has 7 heteroatoms. The molecule has 1 fully saturated rings. The van der Waals surface area contributed by atoms with Gasteiger partial charge in [-0.1, -0.05) is 0 Å². The van der Waals surface area contributed by atoms with Gasteiger partial charge in [-0.3, -0.25) is 14.9 Å². The summed E-state index contributed by atoms with van der Waals surface area (Å²) in [7, 11) is 1.53. The molecule has 1 aromatic carbocycles. The van der Waals surface area contributed by atoms with Crippen molar-refractivity contribution < 1.29 is 19.1 Å². The molecule has 0 bridgehead atoms. The van der Waals surface area contributed by atoms with Gasteiger partial charge in [0.25, 0.3) is 11.8 Å². The highest BCUT2D eigenvalue weighted by Gasteiger charge is 2.37. The van der Waals surface area contributed by atoms with Gasteiger partial charge in [-0.25, -0.2) is 9.69 Å². The van der Waals surface area contributed by atoms with Gasteiger partial charge in [0.1, 0.15) is 11.3 Å². The van der Waals surface area contributed by atoms with Crippen LogP contribution in [0.2, 0.25) is 0 Å². The SMILES string of the molecule is COc1ccc(N2C(=O)NC(=O)C(=Cc3cccn3C(C)(C)C)C2=O)cc1. The molecular formula is C20H21N3O4. The van der Waals surface area contributed by atoms with Gasteiger partial charge in [-0.2, -0.15) is 0 Å². The van der Waals surface area contributed by atoms with Crippen LogP contribution in [0.25, 0.3) is 6.08 Å². The molecule has 1 N–H and O–H groups in total. The highest BCUT2D eigenvalue weighted by atomic mass is 16.5. The van der Waals surface area contributed by atoms with Gasteiger partial charge >= 0.3 is 6.03 Å². The van der Waals surface area contributed by atoms with E-state index < -0.39 is 17.8 Å². The fourth-order valence-electron chi connectivity index (χ4n) is 2.89. The second-order valence-corrected chi connectivity index (χ2v) is 7.13. The van der Waals surface area contributed by atoms with E-state index in [1.807, 2.05) is 43.7 Å². The average Bonchev–Trinajstić information content (AvgIpc) is 3.08. The predicted molar refractivity (Wildman–Crippen MR) is 101 cm³/mol. The number of carbonyl (C=O) groups excluding carboxylic acids is 3. The van der Waals surface area contributed by atoms with Gasteiger partial charge in [-0.05, 0) is 63.2 Å². The molecule has 3 rings (SSSR count). The van der Waals surface area contributed by atoms with E-state index in [0.29, 0.717) is 17.1 Å². The van der Waals surface area contributed by atoms with Crippen LogP contribution in [0.15, 0.2) is 48.2 Å². The number of aromatic nitrogens is 1. The van der Waals surface area contributed by atoms with Crippen molar-refractivity contribution in [3.05, 3.63) is 53.9 Å². The van der Waals surface area contributed by atoms with Gasteiger partial charge in [-0.15, -0.1) is 0 Å². The molecule has 1 aliphatic heterocycles. The number of urea groups is 1. The van der Waals surface area contributed by atoms with Crippen molar-refractivity contribution in [2.24, 2.45) is 0 Å². The second-order valence-electron chi connectivity index (χ2n) is 7.13. The summed E-state index contributed by atoms with van der Waals surface area (Å²) < 4.78 is 7.04. The summed E-state index contributed by atoms with van der Waals surface area (Å²) in [6.07, 6.45) is 3.38. The van der Waals surface area contributed by atoms with E-state index in [1.54, 1.807) is 24.3 Å². The maximum absolute atomic E-state index is 12.9. The smallest absolute Gasteiger partial charge is 0.335 e. The first-order valence-corrected chi connectivity index (χ1v) is 8.46. The summed E-state index contributed by atoms with van der Waals surface area (Å²) in [6, 6.07) is 9.32. The van der Waals surface area contributed by atoms with E-state index in [-0.39, 0.29) is 11.1 Å². The van der Waals surface area contributed by atoms with Crippen molar-refractivity contribution in [2.75, 3.05) is 12.0 Å². The van der Waals surface area contributed by atoms with Crippen LogP contribution in [0.5, 0.6) is 5.75 Å². The zero-order valence-corrected chi connectivity index (χ0v) is 15.6. The van der Waals surface area contributed by atoms with Crippen LogP contribution < -0.4 is 15.0 Å².